The Hall–Kier alpha value is -4.02. The molecular weight excluding hydrogens is 380 g/mol. The highest BCUT2D eigenvalue weighted by molar-refractivity contribution is 5.99. The number of hydrogen-bond donors (Lipinski definition) is 1. The van der Waals surface area contributed by atoms with Crippen LogP contribution in [0.1, 0.15) is 10.4 Å². The monoisotopic (exact) mass is 398 g/mol. The van der Waals surface area contributed by atoms with E-state index in [2.05, 4.69) is 20.3 Å². The Balaban J connectivity index is 1.74. The summed E-state index contributed by atoms with van der Waals surface area (Å²) < 4.78 is 12.0. The summed E-state index contributed by atoms with van der Waals surface area (Å²) >= 11 is 0. The molecule has 2 heterocycles. The second kappa shape index (κ2) is 8.78. The maximum atomic E-state index is 12.6. The van der Waals surface area contributed by atoms with E-state index in [9.17, 15) is 14.9 Å². The van der Waals surface area contributed by atoms with Crippen molar-refractivity contribution in [1.82, 2.24) is 24.8 Å². The quantitative estimate of drug-likeness (QED) is 0.447. The zero-order valence-corrected chi connectivity index (χ0v) is 15.7. The first-order chi connectivity index (χ1) is 14.0. The van der Waals surface area contributed by atoms with E-state index in [-0.39, 0.29) is 29.3 Å². The van der Waals surface area contributed by atoms with Crippen molar-refractivity contribution < 1.29 is 19.2 Å². The van der Waals surface area contributed by atoms with Crippen LogP contribution in [-0.2, 0) is 6.54 Å². The zero-order chi connectivity index (χ0) is 20.8. The van der Waals surface area contributed by atoms with Crippen LogP contribution >= 0.6 is 0 Å². The van der Waals surface area contributed by atoms with Crippen LogP contribution in [0, 0.1) is 10.1 Å². The minimum absolute atomic E-state index is 0.120. The van der Waals surface area contributed by atoms with Gasteiger partial charge in [0.25, 0.3) is 11.6 Å². The van der Waals surface area contributed by atoms with Gasteiger partial charge in [0.15, 0.2) is 23.1 Å². The lowest BCUT2D eigenvalue weighted by Crippen LogP contribution is -2.28. The van der Waals surface area contributed by atoms with Gasteiger partial charge in [-0.3, -0.25) is 14.9 Å². The maximum Gasteiger partial charge on any atom is 0.286 e. The number of aromatic nitrogens is 4. The maximum absolute atomic E-state index is 12.6. The Morgan fingerprint density at radius 1 is 1.14 bits per heavy atom. The molecule has 3 aromatic rings. The zero-order valence-electron chi connectivity index (χ0n) is 15.7. The number of ether oxygens (including phenoxy) is 2. The Labute approximate surface area is 165 Å². The van der Waals surface area contributed by atoms with E-state index in [1.54, 1.807) is 35.4 Å². The van der Waals surface area contributed by atoms with Gasteiger partial charge in [-0.15, -0.1) is 0 Å². The second-order valence-electron chi connectivity index (χ2n) is 5.75. The smallest absolute Gasteiger partial charge is 0.286 e. The van der Waals surface area contributed by atoms with Crippen molar-refractivity contribution in [1.29, 1.82) is 0 Å². The summed E-state index contributed by atoms with van der Waals surface area (Å²) in [5.41, 5.74) is -0.494. The minimum Gasteiger partial charge on any atom is -0.493 e. The topological polar surface area (TPSA) is 134 Å². The lowest BCUT2D eigenvalue weighted by molar-refractivity contribution is -0.385. The SMILES string of the molecule is COc1cc(C(=O)NCCn2ccnc2-c2ncccn2)c([N+](=O)[O-])cc1OC. The average molecular weight is 398 g/mol. The fourth-order valence-electron chi connectivity index (χ4n) is 2.70. The van der Waals surface area contributed by atoms with Gasteiger partial charge in [0.1, 0.15) is 5.56 Å². The standard InChI is InChI=1S/C18H18N6O5/c1-28-14-10-12(13(24(26)27)11-15(14)29-2)18(25)22-7-9-23-8-6-21-17(23)16-19-4-3-5-20-16/h3-6,8,10-11H,7,9H2,1-2H3,(H,22,25). The summed E-state index contributed by atoms with van der Waals surface area (Å²) in [6.07, 6.45) is 6.56. The molecule has 0 aliphatic heterocycles. The van der Waals surface area contributed by atoms with Crippen LogP contribution in [-0.4, -0.2) is 51.1 Å². The Bertz CT molecular complexity index is 1020. The Kier molecular flexibility index (Phi) is 5.97. The van der Waals surface area contributed by atoms with Crippen molar-refractivity contribution in [3.63, 3.8) is 0 Å². The van der Waals surface area contributed by atoms with Crippen molar-refractivity contribution in [2.24, 2.45) is 0 Å². The third-order valence-corrected chi connectivity index (χ3v) is 4.06. The molecule has 0 bridgehead atoms. The number of methoxy groups -OCH3 is 2. The fourth-order valence-corrected chi connectivity index (χ4v) is 2.70. The van der Waals surface area contributed by atoms with E-state index in [0.717, 1.165) is 6.07 Å². The Morgan fingerprint density at radius 2 is 1.83 bits per heavy atom. The third kappa shape index (κ3) is 4.29. The molecular formula is C18H18N6O5. The largest absolute Gasteiger partial charge is 0.493 e. The third-order valence-electron chi connectivity index (χ3n) is 4.06. The van der Waals surface area contributed by atoms with Crippen molar-refractivity contribution in [2.75, 3.05) is 20.8 Å². The van der Waals surface area contributed by atoms with Gasteiger partial charge in [-0.1, -0.05) is 0 Å². The van der Waals surface area contributed by atoms with Crippen molar-refractivity contribution in [3.05, 3.63) is 58.7 Å². The average Bonchev–Trinajstić information content (AvgIpc) is 3.21. The second-order valence-corrected chi connectivity index (χ2v) is 5.75. The molecule has 0 spiro atoms. The van der Waals surface area contributed by atoms with Crippen LogP contribution in [0.25, 0.3) is 11.6 Å². The van der Waals surface area contributed by atoms with E-state index in [1.807, 2.05) is 0 Å². The number of rotatable bonds is 8. The molecule has 0 saturated carbocycles. The molecule has 0 aliphatic rings. The molecule has 0 aliphatic carbocycles. The number of benzene rings is 1. The van der Waals surface area contributed by atoms with Crippen LogP contribution < -0.4 is 14.8 Å². The highest BCUT2D eigenvalue weighted by Gasteiger charge is 2.24. The summed E-state index contributed by atoms with van der Waals surface area (Å²) in [5.74, 6) is 0.801. The van der Waals surface area contributed by atoms with Crippen molar-refractivity contribution in [3.8, 4) is 23.1 Å². The van der Waals surface area contributed by atoms with Gasteiger partial charge in [0.2, 0.25) is 0 Å². The number of carbonyl (C=O) groups is 1. The summed E-state index contributed by atoms with van der Waals surface area (Å²) in [6, 6.07) is 4.15. The number of amides is 1. The summed E-state index contributed by atoms with van der Waals surface area (Å²) in [6.45, 7) is 0.584. The molecule has 0 unspecified atom stereocenters. The number of nitro benzene ring substituents is 1. The van der Waals surface area contributed by atoms with Gasteiger partial charge in [0.05, 0.1) is 25.2 Å². The molecule has 150 valence electrons. The van der Waals surface area contributed by atoms with E-state index in [0.29, 0.717) is 18.2 Å². The first-order valence-corrected chi connectivity index (χ1v) is 8.52. The minimum atomic E-state index is -0.641. The van der Waals surface area contributed by atoms with E-state index >= 15 is 0 Å². The van der Waals surface area contributed by atoms with Crippen LogP contribution in [0.4, 0.5) is 5.69 Å². The molecule has 29 heavy (non-hydrogen) atoms. The molecule has 1 amide bonds. The first kappa shape index (κ1) is 19.7. The molecule has 0 fully saturated rings. The molecule has 0 saturated heterocycles. The van der Waals surface area contributed by atoms with Gasteiger partial charge in [-0.2, -0.15) is 0 Å². The molecule has 0 radical (unpaired) electrons. The van der Waals surface area contributed by atoms with Gasteiger partial charge >= 0.3 is 0 Å². The Morgan fingerprint density at radius 3 is 2.48 bits per heavy atom. The molecule has 1 N–H and O–H groups in total. The number of nitro groups is 1. The molecule has 3 rings (SSSR count). The van der Waals surface area contributed by atoms with E-state index in [4.69, 9.17) is 9.47 Å². The predicted octanol–water partition coefficient (Wildman–Crippen LogP) is 1.70. The molecule has 2 aromatic heterocycles. The van der Waals surface area contributed by atoms with Crippen LogP contribution in [0.2, 0.25) is 0 Å². The van der Waals surface area contributed by atoms with Gasteiger partial charge in [0, 0.05) is 43.9 Å². The van der Waals surface area contributed by atoms with Crippen LogP contribution in [0.5, 0.6) is 11.5 Å². The molecule has 0 atom stereocenters. The first-order valence-electron chi connectivity index (χ1n) is 8.52. The number of nitrogens with zero attached hydrogens (tertiary/aromatic N) is 5. The number of nitrogens with one attached hydrogen (secondary N) is 1. The van der Waals surface area contributed by atoms with Gasteiger partial charge < -0.3 is 19.4 Å². The van der Waals surface area contributed by atoms with E-state index in [1.165, 1.54) is 20.3 Å². The predicted molar refractivity (Wildman–Crippen MR) is 102 cm³/mol. The summed E-state index contributed by atoms with van der Waals surface area (Å²) in [7, 11) is 2.75. The molecule has 11 nitrogen and oxygen atoms in total. The lowest BCUT2D eigenvalue weighted by Gasteiger charge is -2.11. The fraction of sp³-hybridized carbons (Fsp3) is 0.222. The highest BCUT2D eigenvalue weighted by atomic mass is 16.6. The number of imidazole rings is 1. The van der Waals surface area contributed by atoms with Gasteiger partial charge in [-0.05, 0) is 6.07 Å². The molecule has 11 heteroatoms. The normalized spacial score (nSPS) is 10.4. The van der Waals surface area contributed by atoms with Crippen LogP contribution in [0.3, 0.4) is 0 Å². The lowest BCUT2D eigenvalue weighted by atomic mass is 10.1. The van der Waals surface area contributed by atoms with Gasteiger partial charge in [-0.25, -0.2) is 15.0 Å². The van der Waals surface area contributed by atoms with Crippen molar-refractivity contribution >= 4 is 11.6 Å². The summed E-state index contributed by atoms with van der Waals surface area (Å²) in [4.78, 5) is 35.8. The van der Waals surface area contributed by atoms with Crippen molar-refractivity contribution in [2.45, 2.75) is 6.54 Å². The molecule has 1 aromatic carbocycles. The number of hydrogen-bond acceptors (Lipinski definition) is 8. The van der Waals surface area contributed by atoms with Crippen LogP contribution in [0.15, 0.2) is 43.0 Å². The summed E-state index contributed by atoms with van der Waals surface area (Å²) in [5, 5.41) is 14.0. The van der Waals surface area contributed by atoms with E-state index < -0.39 is 10.8 Å². The number of carbonyl (C=O) groups excluding carboxylic acids is 1. The highest BCUT2D eigenvalue weighted by Crippen LogP contribution is 2.34.